The molecule has 2 aromatic rings. The molecule has 0 heterocycles. The molecule has 0 bridgehead atoms. The highest BCUT2D eigenvalue weighted by Gasteiger charge is 2.18. The number of halogens is 3. The highest BCUT2D eigenvalue weighted by atomic mass is 79.9. The van der Waals surface area contributed by atoms with Crippen LogP contribution in [0.3, 0.4) is 0 Å². The fraction of sp³-hybridized carbons (Fsp3) is 0.125. The molecule has 1 N–H and O–H groups in total. The third kappa shape index (κ3) is 4.27. The molecule has 8 heteroatoms. The lowest BCUT2D eigenvalue weighted by molar-refractivity contribution is -0.139. The Balaban J connectivity index is 2.36. The molecule has 0 atom stereocenters. The Hall–Kier alpha value is -2.06. The average Bonchev–Trinajstić information content (AvgIpc) is 2.51. The molecule has 0 fully saturated rings. The Morgan fingerprint density at radius 3 is 2.62 bits per heavy atom. The molecule has 0 aliphatic heterocycles. The highest BCUT2D eigenvalue weighted by molar-refractivity contribution is 9.10. The van der Waals surface area contributed by atoms with Crippen LogP contribution in [0.5, 0.6) is 5.75 Å². The number of hydrogen-bond acceptors (Lipinski definition) is 3. The molecule has 0 saturated carbocycles. The van der Waals surface area contributed by atoms with Crippen LogP contribution < -0.4 is 9.64 Å². The number of nitrogens with zero attached hydrogens (tertiary/aromatic N) is 1. The summed E-state index contributed by atoms with van der Waals surface area (Å²) in [6.45, 7) is -0.643. The summed E-state index contributed by atoms with van der Waals surface area (Å²) in [4.78, 5) is 12.2. The lowest BCUT2D eigenvalue weighted by atomic mass is 10.1. The first-order valence-electron chi connectivity index (χ1n) is 6.67. The van der Waals surface area contributed by atoms with Gasteiger partial charge in [-0.05, 0) is 30.3 Å². The van der Waals surface area contributed by atoms with Crippen molar-refractivity contribution in [2.75, 3.05) is 18.6 Å². The van der Waals surface area contributed by atoms with E-state index >= 15 is 0 Å². The molecule has 0 aliphatic rings. The van der Waals surface area contributed by atoms with Crippen molar-refractivity contribution in [1.82, 2.24) is 0 Å². The van der Waals surface area contributed by atoms with Crippen LogP contribution in [-0.4, -0.2) is 29.7 Å². The van der Waals surface area contributed by atoms with Crippen LogP contribution in [0.1, 0.15) is 5.56 Å². The van der Waals surface area contributed by atoms with Crippen LogP contribution in [0.2, 0.25) is 0 Å². The van der Waals surface area contributed by atoms with Crippen molar-refractivity contribution in [2.45, 2.75) is 0 Å². The number of anilines is 1. The Morgan fingerprint density at radius 2 is 2.00 bits per heavy atom. The van der Waals surface area contributed by atoms with E-state index < -0.39 is 24.2 Å². The molecule has 4 nitrogen and oxygen atoms in total. The standard InChI is InChI=1S/C16H12BrF2NO3S/c1-20(13-5-2-9(17)6-12(13)19)16(24)11-4-3-10(18)7-14(11)23-8-15(21)22/h2-7H,8H2,1H3,(H,21,22). The zero-order valence-electron chi connectivity index (χ0n) is 12.4. The van der Waals surface area contributed by atoms with Crippen molar-refractivity contribution >= 4 is 44.8 Å². The molecular weight excluding hydrogens is 404 g/mol. The maximum atomic E-state index is 14.1. The molecule has 0 unspecified atom stereocenters. The number of rotatable bonds is 5. The second kappa shape index (κ2) is 7.67. The number of ether oxygens (including phenoxy) is 1. The monoisotopic (exact) mass is 415 g/mol. The Morgan fingerprint density at radius 1 is 1.29 bits per heavy atom. The van der Waals surface area contributed by atoms with Crippen LogP contribution >= 0.6 is 28.1 Å². The molecule has 0 aliphatic carbocycles. The van der Waals surface area contributed by atoms with Gasteiger partial charge in [0.15, 0.2) is 6.61 Å². The van der Waals surface area contributed by atoms with E-state index in [1.807, 2.05) is 0 Å². The zero-order valence-corrected chi connectivity index (χ0v) is 14.8. The number of thiocarbonyl (C=S) groups is 1. The molecule has 2 aromatic carbocycles. The summed E-state index contributed by atoms with van der Waals surface area (Å²) in [5, 5.41) is 8.71. The number of carboxylic acid groups (broad SMARTS) is 1. The van der Waals surface area contributed by atoms with Crippen LogP contribution in [0.4, 0.5) is 14.5 Å². The van der Waals surface area contributed by atoms with E-state index in [0.717, 1.165) is 6.07 Å². The second-order valence-corrected chi connectivity index (χ2v) is 6.09. The van der Waals surface area contributed by atoms with Crippen molar-refractivity contribution in [3.8, 4) is 5.75 Å². The van der Waals surface area contributed by atoms with Crippen molar-refractivity contribution in [3.05, 3.63) is 58.1 Å². The quantitative estimate of drug-likeness (QED) is 0.747. The zero-order chi connectivity index (χ0) is 17.9. The Labute approximate surface area is 150 Å². The van der Waals surface area contributed by atoms with Gasteiger partial charge >= 0.3 is 5.97 Å². The minimum absolute atomic E-state index is 0.0215. The van der Waals surface area contributed by atoms with Gasteiger partial charge in [0.05, 0.1) is 11.3 Å². The minimum atomic E-state index is -1.21. The van der Waals surface area contributed by atoms with Gasteiger partial charge < -0.3 is 14.7 Å². The third-order valence-electron chi connectivity index (χ3n) is 3.10. The van der Waals surface area contributed by atoms with Gasteiger partial charge in [-0.1, -0.05) is 28.1 Å². The lowest BCUT2D eigenvalue weighted by Crippen LogP contribution is -2.27. The largest absolute Gasteiger partial charge is 0.481 e. The summed E-state index contributed by atoms with van der Waals surface area (Å²) < 4.78 is 33.2. The van der Waals surface area contributed by atoms with Gasteiger partial charge in [0.2, 0.25) is 0 Å². The maximum absolute atomic E-state index is 14.1. The molecule has 0 saturated heterocycles. The summed E-state index contributed by atoms with van der Waals surface area (Å²) in [6.07, 6.45) is 0. The molecule has 0 radical (unpaired) electrons. The highest BCUT2D eigenvalue weighted by Crippen LogP contribution is 2.27. The van der Waals surface area contributed by atoms with Crippen LogP contribution in [0.25, 0.3) is 0 Å². The number of benzene rings is 2. The average molecular weight is 416 g/mol. The molecule has 126 valence electrons. The van der Waals surface area contributed by atoms with Crippen molar-refractivity contribution in [2.24, 2.45) is 0 Å². The molecule has 24 heavy (non-hydrogen) atoms. The van der Waals surface area contributed by atoms with E-state index in [9.17, 15) is 13.6 Å². The van der Waals surface area contributed by atoms with E-state index in [-0.39, 0.29) is 22.0 Å². The fourth-order valence-corrected chi connectivity index (χ4v) is 2.58. The van der Waals surface area contributed by atoms with Gasteiger partial charge in [-0.15, -0.1) is 0 Å². The predicted molar refractivity (Wildman–Crippen MR) is 93.7 cm³/mol. The van der Waals surface area contributed by atoms with Gasteiger partial charge in [0, 0.05) is 17.6 Å². The van der Waals surface area contributed by atoms with E-state index in [1.54, 1.807) is 13.1 Å². The Bertz CT molecular complexity index is 801. The van der Waals surface area contributed by atoms with Crippen molar-refractivity contribution in [1.29, 1.82) is 0 Å². The van der Waals surface area contributed by atoms with E-state index in [0.29, 0.717) is 4.47 Å². The van der Waals surface area contributed by atoms with Crippen LogP contribution in [0, 0.1) is 11.6 Å². The summed E-state index contributed by atoms with van der Waals surface area (Å²) in [6, 6.07) is 8.05. The van der Waals surface area contributed by atoms with E-state index in [4.69, 9.17) is 22.1 Å². The molecule has 2 rings (SSSR count). The van der Waals surface area contributed by atoms with Crippen molar-refractivity contribution < 1.29 is 23.4 Å². The lowest BCUT2D eigenvalue weighted by Gasteiger charge is -2.22. The van der Waals surface area contributed by atoms with Gasteiger partial charge in [0.1, 0.15) is 22.4 Å². The normalized spacial score (nSPS) is 10.3. The number of carboxylic acids is 1. The number of hydrogen-bond donors (Lipinski definition) is 1. The summed E-state index contributed by atoms with van der Waals surface area (Å²) >= 11 is 8.50. The molecule has 0 amide bonds. The van der Waals surface area contributed by atoms with Gasteiger partial charge in [-0.25, -0.2) is 13.6 Å². The fourth-order valence-electron chi connectivity index (χ4n) is 1.98. The van der Waals surface area contributed by atoms with E-state index in [2.05, 4.69) is 15.9 Å². The first-order chi connectivity index (χ1) is 11.3. The first kappa shape index (κ1) is 18.3. The summed E-state index contributed by atoms with van der Waals surface area (Å²) in [5.41, 5.74) is 0.508. The minimum Gasteiger partial charge on any atom is -0.481 e. The van der Waals surface area contributed by atoms with Crippen LogP contribution in [-0.2, 0) is 4.79 Å². The van der Waals surface area contributed by atoms with Gasteiger partial charge in [-0.3, -0.25) is 0 Å². The smallest absolute Gasteiger partial charge is 0.341 e. The van der Waals surface area contributed by atoms with Crippen LogP contribution in [0.15, 0.2) is 40.9 Å². The topological polar surface area (TPSA) is 49.8 Å². The first-order valence-corrected chi connectivity index (χ1v) is 7.87. The molecular formula is C16H12BrF2NO3S. The van der Waals surface area contributed by atoms with Crippen molar-refractivity contribution in [3.63, 3.8) is 0 Å². The number of carbonyl (C=O) groups is 1. The molecule has 0 spiro atoms. The van der Waals surface area contributed by atoms with E-state index in [1.165, 1.54) is 29.2 Å². The number of aliphatic carboxylic acids is 1. The summed E-state index contributed by atoms with van der Waals surface area (Å²) in [5.74, 6) is -2.32. The molecule has 0 aromatic heterocycles. The summed E-state index contributed by atoms with van der Waals surface area (Å²) in [7, 11) is 1.55. The maximum Gasteiger partial charge on any atom is 0.341 e. The van der Waals surface area contributed by atoms with Gasteiger partial charge in [-0.2, -0.15) is 0 Å². The third-order valence-corrected chi connectivity index (χ3v) is 4.09. The second-order valence-electron chi connectivity index (χ2n) is 4.78. The Kier molecular flexibility index (Phi) is 5.84. The SMILES string of the molecule is CN(C(=S)c1ccc(F)cc1OCC(=O)O)c1ccc(Br)cc1F. The predicted octanol–water partition coefficient (Wildman–Crippen LogP) is 4.00. The van der Waals surface area contributed by atoms with Gasteiger partial charge in [0.25, 0.3) is 0 Å².